The highest BCUT2D eigenvalue weighted by atomic mass is 19.1. The minimum absolute atomic E-state index is 0.159. The van der Waals surface area contributed by atoms with Crippen molar-refractivity contribution in [3.63, 3.8) is 0 Å². The van der Waals surface area contributed by atoms with E-state index in [4.69, 9.17) is 14.2 Å². The summed E-state index contributed by atoms with van der Waals surface area (Å²) in [6.45, 7) is 2.04. The van der Waals surface area contributed by atoms with E-state index < -0.39 is 5.82 Å². The fourth-order valence-corrected chi connectivity index (χ4v) is 3.39. The Labute approximate surface area is 155 Å². The molecule has 1 atom stereocenters. The number of Topliss-reactive ketones (excluding diaryl/α,β-unsaturated/α-hetero) is 1. The SMILES string of the molecule is C[C@H]1CC(=O)c2c(OCC(=O)NCc3ccc4c(c3)OCO4)ccc(F)c21. The van der Waals surface area contributed by atoms with Crippen LogP contribution in [-0.4, -0.2) is 25.1 Å². The van der Waals surface area contributed by atoms with Crippen molar-refractivity contribution in [2.45, 2.75) is 25.8 Å². The third-order valence-electron chi connectivity index (χ3n) is 4.70. The molecule has 0 saturated carbocycles. The third kappa shape index (κ3) is 3.32. The molecule has 2 aliphatic rings. The van der Waals surface area contributed by atoms with E-state index in [1.807, 2.05) is 6.07 Å². The van der Waals surface area contributed by atoms with Crippen molar-refractivity contribution in [3.8, 4) is 17.2 Å². The summed E-state index contributed by atoms with van der Waals surface area (Å²) in [6.07, 6.45) is 0.253. The van der Waals surface area contributed by atoms with Gasteiger partial charge in [0.1, 0.15) is 11.6 Å². The van der Waals surface area contributed by atoms with E-state index in [1.165, 1.54) is 12.1 Å². The van der Waals surface area contributed by atoms with Crippen LogP contribution in [0.15, 0.2) is 30.3 Å². The Morgan fingerprint density at radius 3 is 2.93 bits per heavy atom. The molecule has 0 unspecified atom stereocenters. The van der Waals surface area contributed by atoms with Crippen LogP contribution in [0, 0.1) is 5.82 Å². The molecule has 140 valence electrons. The monoisotopic (exact) mass is 371 g/mol. The molecule has 2 aromatic rings. The van der Waals surface area contributed by atoms with E-state index in [-0.39, 0.29) is 48.7 Å². The number of carbonyl (C=O) groups excluding carboxylic acids is 2. The van der Waals surface area contributed by atoms with Gasteiger partial charge in [-0.3, -0.25) is 9.59 Å². The van der Waals surface area contributed by atoms with Gasteiger partial charge in [-0.1, -0.05) is 13.0 Å². The Morgan fingerprint density at radius 1 is 1.26 bits per heavy atom. The first-order valence-corrected chi connectivity index (χ1v) is 8.66. The summed E-state index contributed by atoms with van der Waals surface area (Å²) in [7, 11) is 0. The predicted octanol–water partition coefficient (Wildman–Crippen LogP) is 2.94. The second kappa shape index (κ2) is 6.90. The minimum atomic E-state index is -0.414. The number of amides is 1. The van der Waals surface area contributed by atoms with Gasteiger partial charge in [-0.15, -0.1) is 0 Å². The number of ketones is 1. The van der Waals surface area contributed by atoms with Crippen LogP contribution in [0.4, 0.5) is 4.39 Å². The van der Waals surface area contributed by atoms with Crippen LogP contribution in [-0.2, 0) is 11.3 Å². The molecule has 0 aromatic heterocycles. The van der Waals surface area contributed by atoms with Crippen molar-refractivity contribution >= 4 is 11.7 Å². The molecule has 0 fully saturated rings. The summed E-state index contributed by atoms with van der Waals surface area (Å²) >= 11 is 0. The van der Waals surface area contributed by atoms with E-state index in [1.54, 1.807) is 19.1 Å². The molecular weight excluding hydrogens is 353 g/mol. The van der Waals surface area contributed by atoms with Crippen molar-refractivity contribution < 1.29 is 28.2 Å². The molecule has 4 rings (SSSR count). The Hall–Kier alpha value is -3.09. The van der Waals surface area contributed by atoms with Crippen LogP contribution in [0.5, 0.6) is 17.2 Å². The summed E-state index contributed by atoms with van der Waals surface area (Å²) in [6, 6.07) is 8.09. The maximum Gasteiger partial charge on any atom is 0.258 e. The zero-order valence-corrected chi connectivity index (χ0v) is 14.7. The summed E-state index contributed by atoms with van der Waals surface area (Å²) in [5.41, 5.74) is 1.49. The van der Waals surface area contributed by atoms with Gasteiger partial charge < -0.3 is 19.5 Å². The highest BCUT2D eigenvalue weighted by Gasteiger charge is 2.32. The number of nitrogens with one attached hydrogen (secondary N) is 1. The highest BCUT2D eigenvalue weighted by Crippen LogP contribution is 2.39. The van der Waals surface area contributed by atoms with Gasteiger partial charge in [0.2, 0.25) is 6.79 Å². The number of hydrogen-bond donors (Lipinski definition) is 1. The molecule has 1 N–H and O–H groups in total. The normalized spacial score (nSPS) is 17.0. The average molecular weight is 371 g/mol. The minimum Gasteiger partial charge on any atom is -0.483 e. The Balaban J connectivity index is 1.37. The maximum absolute atomic E-state index is 14.0. The van der Waals surface area contributed by atoms with Crippen molar-refractivity contribution in [2.24, 2.45) is 0 Å². The molecule has 0 saturated heterocycles. The molecule has 1 aliphatic heterocycles. The lowest BCUT2D eigenvalue weighted by Gasteiger charge is -2.12. The molecule has 6 nitrogen and oxygen atoms in total. The molecule has 1 heterocycles. The number of carbonyl (C=O) groups is 2. The first kappa shape index (κ1) is 17.3. The summed E-state index contributed by atoms with van der Waals surface area (Å²) in [5, 5.41) is 2.74. The zero-order valence-electron chi connectivity index (χ0n) is 14.7. The number of benzene rings is 2. The van der Waals surface area contributed by atoms with E-state index in [9.17, 15) is 14.0 Å². The zero-order chi connectivity index (χ0) is 19.0. The molecule has 27 heavy (non-hydrogen) atoms. The summed E-state index contributed by atoms with van der Waals surface area (Å²) in [5.74, 6) is 0.472. The van der Waals surface area contributed by atoms with E-state index in [2.05, 4.69) is 5.32 Å². The van der Waals surface area contributed by atoms with Gasteiger partial charge in [0, 0.05) is 18.5 Å². The van der Waals surface area contributed by atoms with E-state index in [0.717, 1.165) is 5.56 Å². The smallest absolute Gasteiger partial charge is 0.258 e. The average Bonchev–Trinajstić information content (AvgIpc) is 3.23. The van der Waals surface area contributed by atoms with Crippen molar-refractivity contribution in [3.05, 3.63) is 52.8 Å². The fourth-order valence-electron chi connectivity index (χ4n) is 3.39. The molecule has 0 spiro atoms. The van der Waals surface area contributed by atoms with Gasteiger partial charge >= 0.3 is 0 Å². The Morgan fingerprint density at radius 2 is 2.07 bits per heavy atom. The summed E-state index contributed by atoms with van der Waals surface area (Å²) < 4.78 is 30.0. The van der Waals surface area contributed by atoms with Gasteiger partial charge in [0.05, 0.1) is 5.56 Å². The Kier molecular flexibility index (Phi) is 4.43. The summed E-state index contributed by atoms with van der Waals surface area (Å²) in [4.78, 5) is 24.2. The first-order valence-electron chi connectivity index (χ1n) is 8.66. The van der Waals surface area contributed by atoms with Gasteiger partial charge in [-0.2, -0.15) is 0 Å². The lowest BCUT2D eigenvalue weighted by molar-refractivity contribution is -0.123. The molecule has 2 aromatic carbocycles. The second-order valence-corrected chi connectivity index (χ2v) is 6.62. The quantitative estimate of drug-likeness (QED) is 0.875. The maximum atomic E-state index is 14.0. The molecule has 0 radical (unpaired) electrons. The lowest BCUT2D eigenvalue weighted by Crippen LogP contribution is -2.28. The van der Waals surface area contributed by atoms with Crippen molar-refractivity contribution in [2.75, 3.05) is 13.4 Å². The second-order valence-electron chi connectivity index (χ2n) is 6.62. The highest BCUT2D eigenvalue weighted by molar-refractivity contribution is 6.03. The third-order valence-corrected chi connectivity index (χ3v) is 4.70. The molecule has 7 heteroatoms. The van der Waals surface area contributed by atoms with E-state index >= 15 is 0 Å². The fraction of sp³-hybridized carbons (Fsp3) is 0.300. The van der Waals surface area contributed by atoms with Crippen LogP contribution in [0.2, 0.25) is 0 Å². The number of halogens is 1. The molecule has 1 aliphatic carbocycles. The number of rotatable bonds is 5. The molecular formula is C20H18FNO5. The van der Waals surface area contributed by atoms with Crippen LogP contribution in [0.25, 0.3) is 0 Å². The standard InChI is InChI=1S/C20H18FNO5/c1-11-6-14(23)20-16(5-3-13(21)19(11)20)25-9-18(24)22-8-12-2-4-15-17(7-12)27-10-26-15/h2-5,7,11H,6,8-10H2,1H3,(H,22,24)/t11-/m0/s1. The topological polar surface area (TPSA) is 73.9 Å². The first-order chi connectivity index (χ1) is 13.0. The van der Waals surface area contributed by atoms with Crippen molar-refractivity contribution in [1.82, 2.24) is 5.32 Å². The number of hydrogen-bond acceptors (Lipinski definition) is 5. The van der Waals surface area contributed by atoms with E-state index in [0.29, 0.717) is 23.6 Å². The van der Waals surface area contributed by atoms with Crippen LogP contribution in [0.3, 0.4) is 0 Å². The van der Waals surface area contributed by atoms with Crippen LogP contribution >= 0.6 is 0 Å². The largest absolute Gasteiger partial charge is 0.483 e. The van der Waals surface area contributed by atoms with Crippen LogP contribution in [0.1, 0.15) is 40.7 Å². The van der Waals surface area contributed by atoms with Crippen LogP contribution < -0.4 is 19.5 Å². The number of fused-ring (bicyclic) bond motifs is 2. The van der Waals surface area contributed by atoms with Gasteiger partial charge in [-0.25, -0.2) is 4.39 Å². The van der Waals surface area contributed by atoms with Gasteiger partial charge in [0.15, 0.2) is 23.9 Å². The van der Waals surface area contributed by atoms with Gasteiger partial charge in [-0.05, 0) is 35.7 Å². The predicted molar refractivity (Wildman–Crippen MR) is 93.7 cm³/mol. The van der Waals surface area contributed by atoms with Crippen molar-refractivity contribution in [1.29, 1.82) is 0 Å². The lowest BCUT2D eigenvalue weighted by atomic mass is 10.0. The molecule has 1 amide bonds. The Bertz CT molecular complexity index is 927. The van der Waals surface area contributed by atoms with Gasteiger partial charge in [0.25, 0.3) is 5.91 Å². The molecule has 0 bridgehead atoms. The number of ether oxygens (including phenoxy) is 3.